The first-order valence-corrected chi connectivity index (χ1v) is 10.6. The Bertz CT molecular complexity index is 1530. The van der Waals surface area contributed by atoms with Crippen molar-refractivity contribution in [1.82, 2.24) is 9.55 Å². The van der Waals surface area contributed by atoms with Crippen molar-refractivity contribution in [3.63, 3.8) is 0 Å². The highest BCUT2D eigenvalue weighted by Crippen LogP contribution is 2.34. The molecule has 0 atom stereocenters. The van der Waals surface area contributed by atoms with E-state index in [9.17, 15) is 23.2 Å². The molecule has 0 aliphatic carbocycles. The molecule has 35 heavy (non-hydrogen) atoms. The van der Waals surface area contributed by atoms with Crippen LogP contribution in [0.4, 0.5) is 14.6 Å². The molecule has 174 valence electrons. The molecule has 2 aromatic heterocycles. The maximum atomic E-state index is 14.8. The first kappa shape index (κ1) is 22.1. The van der Waals surface area contributed by atoms with Crippen LogP contribution < -0.4 is 15.6 Å². The number of nitrogens with zero attached hydrogens (tertiary/aromatic N) is 2. The SMILES string of the molecule is O=C1Cc2c(Oc3ccc(CC(=O)c4cccn(-c5ccc(F)cc5)c4=O)cc3F)ccnc2N1. The number of Topliss-reactive ketones (excluding diaryl/α,β-unsaturated/α-hetero) is 1. The van der Waals surface area contributed by atoms with Crippen LogP contribution in [-0.2, 0) is 17.6 Å². The van der Waals surface area contributed by atoms with Gasteiger partial charge in [0.15, 0.2) is 17.3 Å². The number of carbonyl (C=O) groups is 2. The molecule has 5 rings (SSSR count). The Hall–Kier alpha value is -4.66. The highest BCUT2D eigenvalue weighted by molar-refractivity contribution is 5.99. The van der Waals surface area contributed by atoms with Gasteiger partial charge in [-0.15, -0.1) is 0 Å². The third kappa shape index (κ3) is 4.43. The fraction of sp³-hybridized carbons (Fsp3) is 0.0769. The number of aromatic nitrogens is 2. The Morgan fingerprint density at radius 3 is 2.60 bits per heavy atom. The van der Waals surface area contributed by atoms with E-state index in [4.69, 9.17) is 4.74 Å². The summed E-state index contributed by atoms with van der Waals surface area (Å²) >= 11 is 0. The number of amides is 1. The van der Waals surface area contributed by atoms with Gasteiger partial charge in [0.2, 0.25) is 5.91 Å². The number of ketones is 1. The molecule has 1 amide bonds. The molecule has 1 aliphatic heterocycles. The molecule has 0 saturated heterocycles. The zero-order chi connectivity index (χ0) is 24.5. The van der Waals surface area contributed by atoms with E-state index in [0.717, 1.165) is 0 Å². The monoisotopic (exact) mass is 473 g/mol. The minimum Gasteiger partial charge on any atom is -0.454 e. The van der Waals surface area contributed by atoms with Gasteiger partial charge in [0.1, 0.15) is 17.4 Å². The average molecular weight is 473 g/mol. The lowest BCUT2D eigenvalue weighted by Gasteiger charge is -2.11. The van der Waals surface area contributed by atoms with Gasteiger partial charge in [0.05, 0.1) is 12.0 Å². The number of halogens is 2. The number of fused-ring (bicyclic) bond motifs is 1. The third-order valence-electron chi connectivity index (χ3n) is 5.54. The number of ether oxygens (including phenoxy) is 1. The lowest BCUT2D eigenvalue weighted by Crippen LogP contribution is -2.25. The second-order valence-electron chi connectivity index (χ2n) is 7.90. The zero-order valence-electron chi connectivity index (χ0n) is 18.1. The average Bonchev–Trinajstić information content (AvgIpc) is 3.23. The van der Waals surface area contributed by atoms with Crippen molar-refractivity contribution in [2.75, 3.05) is 5.32 Å². The predicted octanol–water partition coefficient (Wildman–Crippen LogP) is 4.22. The van der Waals surface area contributed by atoms with Gasteiger partial charge in [0, 0.05) is 30.1 Å². The Balaban J connectivity index is 1.35. The molecule has 0 radical (unpaired) electrons. The molecule has 1 N–H and O–H groups in total. The minimum absolute atomic E-state index is 0.0675. The maximum absolute atomic E-state index is 14.8. The number of hydrogen-bond acceptors (Lipinski definition) is 5. The van der Waals surface area contributed by atoms with Gasteiger partial charge in [0.25, 0.3) is 5.56 Å². The number of pyridine rings is 2. The molecule has 1 aliphatic rings. The fourth-order valence-electron chi connectivity index (χ4n) is 3.83. The molecule has 3 heterocycles. The van der Waals surface area contributed by atoms with E-state index in [1.807, 2.05) is 0 Å². The van der Waals surface area contributed by atoms with E-state index in [-0.39, 0.29) is 30.1 Å². The van der Waals surface area contributed by atoms with E-state index < -0.39 is 23.0 Å². The molecule has 9 heteroatoms. The van der Waals surface area contributed by atoms with Gasteiger partial charge in [-0.05, 0) is 60.2 Å². The molecule has 4 aromatic rings. The summed E-state index contributed by atoms with van der Waals surface area (Å²) in [6.45, 7) is 0. The molecular formula is C26H17F2N3O4. The smallest absolute Gasteiger partial charge is 0.265 e. The van der Waals surface area contributed by atoms with Crippen molar-refractivity contribution < 1.29 is 23.1 Å². The molecule has 0 fully saturated rings. The largest absolute Gasteiger partial charge is 0.454 e. The predicted molar refractivity (Wildman–Crippen MR) is 123 cm³/mol. The lowest BCUT2D eigenvalue weighted by molar-refractivity contribution is -0.115. The van der Waals surface area contributed by atoms with Crippen molar-refractivity contribution >= 4 is 17.5 Å². The van der Waals surface area contributed by atoms with E-state index >= 15 is 0 Å². The van der Waals surface area contributed by atoms with Crippen molar-refractivity contribution in [2.24, 2.45) is 0 Å². The molecule has 0 unspecified atom stereocenters. The van der Waals surface area contributed by atoms with Gasteiger partial charge in [-0.25, -0.2) is 13.8 Å². The van der Waals surface area contributed by atoms with Crippen molar-refractivity contribution in [1.29, 1.82) is 0 Å². The summed E-state index contributed by atoms with van der Waals surface area (Å²) in [4.78, 5) is 41.4. The summed E-state index contributed by atoms with van der Waals surface area (Å²) in [6, 6.07) is 13.9. The summed E-state index contributed by atoms with van der Waals surface area (Å²) in [6.07, 6.45) is 2.81. The van der Waals surface area contributed by atoms with E-state index in [1.54, 1.807) is 6.07 Å². The summed E-state index contributed by atoms with van der Waals surface area (Å²) in [5.41, 5.74) is 0.685. The van der Waals surface area contributed by atoms with Crippen LogP contribution in [0, 0.1) is 11.6 Å². The number of anilines is 1. The summed E-state index contributed by atoms with van der Waals surface area (Å²) in [5.74, 6) is -1.25. The molecule has 2 aromatic carbocycles. The molecular weight excluding hydrogens is 456 g/mol. The molecule has 0 saturated carbocycles. The number of benzene rings is 2. The molecule has 0 spiro atoms. The zero-order valence-corrected chi connectivity index (χ0v) is 18.1. The summed E-state index contributed by atoms with van der Waals surface area (Å²) in [7, 11) is 0. The second-order valence-corrected chi connectivity index (χ2v) is 7.90. The fourth-order valence-corrected chi connectivity index (χ4v) is 3.83. The van der Waals surface area contributed by atoms with Crippen molar-refractivity contribution in [3.05, 3.63) is 112 Å². The third-order valence-corrected chi connectivity index (χ3v) is 5.54. The highest BCUT2D eigenvalue weighted by Gasteiger charge is 2.24. The van der Waals surface area contributed by atoms with E-state index in [1.165, 1.54) is 71.6 Å². The van der Waals surface area contributed by atoms with Crippen LogP contribution in [0.5, 0.6) is 11.5 Å². The van der Waals surface area contributed by atoms with E-state index in [0.29, 0.717) is 28.4 Å². The van der Waals surface area contributed by atoms with Crippen LogP contribution in [0.25, 0.3) is 5.69 Å². The number of hydrogen-bond donors (Lipinski definition) is 1. The van der Waals surface area contributed by atoms with Gasteiger partial charge < -0.3 is 10.1 Å². The summed E-state index contributed by atoms with van der Waals surface area (Å²) in [5, 5.41) is 2.60. The Morgan fingerprint density at radius 2 is 1.83 bits per heavy atom. The van der Waals surface area contributed by atoms with E-state index in [2.05, 4.69) is 10.3 Å². The van der Waals surface area contributed by atoms with Crippen molar-refractivity contribution in [3.8, 4) is 17.2 Å². The summed E-state index contributed by atoms with van der Waals surface area (Å²) < 4.78 is 34.9. The number of rotatable bonds is 6. The Labute approximate surface area is 197 Å². The molecule has 0 bridgehead atoms. The van der Waals surface area contributed by atoms with Crippen LogP contribution >= 0.6 is 0 Å². The quantitative estimate of drug-likeness (QED) is 0.424. The topological polar surface area (TPSA) is 90.3 Å². The normalized spacial score (nSPS) is 12.2. The number of nitrogens with one attached hydrogen (secondary N) is 1. The van der Waals surface area contributed by atoms with Crippen LogP contribution in [0.15, 0.2) is 77.9 Å². The van der Waals surface area contributed by atoms with Crippen LogP contribution in [0.3, 0.4) is 0 Å². The second kappa shape index (κ2) is 8.94. The molecule has 7 nitrogen and oxygen atoms in total. The van der Waals surface area contributed by atoms with Crippen LogP contribution in [-0.4, -0.2) is 21.2 Å². The Morgan fingerprint density at radius 1 is 1.03 bits per heavy atom. The van der Waals surface area contributed by atoms with Crippen LogP contribution in [0.1, 0.15) is 21.5 Å². The Kier molecular flexibility index (Phi) is 5.66. The lowest BCUT2D eigenvalue weighted by atomic mass is 10.0. The standard InChI is InChI=1S/C26H17F2N3O4/c27-16-4-6-17(7-5-16)31-11-1-2-18(26(31)34)21(32)13-15-3-8-23(20(28)12-15)35-22-9-10-29-25-19(22)14-24(33)30-25/h1-12H,13-14H2,(H,29,30,33). The first-order valence-electron chi connectivity index (χ1n) is 10.6. The van der Waals surface area contributed by atoms with Crippen molar-refractivity contribution in [2.45, 2.75) is 12.8 Å². The number of carbonyl (C=O) groups excluding carboxylic acids is 2. The van der Waals surface area contributed by atoms with Gasteiger partial charge in [-0.2, -0.15) is 0 Å². The van der Waals surface area contributed by atoms with Crippen LogP contribution in [0.2, 0.25) is 0 Å². The van der Waals surface area contributed by atoms with Gasteiger partial charge in [-0.3, -0.25) is 19.0 Å². The maximum Gasteiger partial charge on any atom is 0.265 e. The van der Waals surface area contributed by atoms with Gasteiger partial charge >= 0.3 is 0 Å². The highest BCUT2D eigenvalue weighted by atomic mass is 19.1. The first-order chi connectivity index (χ1) is 16.9. The van der Waals surface area contributed by atoms with Gasteiger partial charge in [-0.1, -0.05) is 6.07 Å². The minimum atomic E-state index is -0.699.